The quantitative estimate of drug-likeness (QED) is 0.569. The van der Waals surface area contributed by atoms with E-state index in [4.69, 9.17) is 4.74 Å². The van der Waals surface area contributed by atoms with Gasteiger partial charge in [-0.3, -0.25) is 14.6 Å². The van der Waals surface area contributed by atoms with Crippen molar-refractivity contribution in [1.82, 2.24) is 9.88 Å². The molecule has 8 heteroatoms. The molecule has 30 heavy (non-hydrogen) atoms. The zero-order valence-electron chi connectivity index (χ0n) is 16.8. The predicted octanol–water partition coefficient (Wildman–Crippen LogP) is 4.07. The number of ether oxygens (including phenoxy) is 1. The van der Waals surface area contributed by atoms with Gasteiger partial charge in [0, 0.05) is 26.2 Å². The molecule has 0 aliphatic carbocycles. The van der Waals surface area contributed by atoms with Crippen molar-refractivity contribution in [2.24, 2.45) is 0 Å². The summed E-state index contributed by atoms with van der Waals surface area (Å²) in [5.41, 5.74) is 2.42. The molecule has 0 atom stereocenters. The van der Waals surface area contributed by atoms with Crippen molar-refractivity contribution in [2.75, 3.05) is 44.3 Å². The van der Waals surface area contributed by atoms with E-state index >= 15 is 0 Å². The summed E-state index contributed by atoms with van der Waals surface area (Å²) < 4.78 is 20.3. The molecule has 3 aromatic rings. The average Bonchev–Trinajstić information content (AvgIpc) is 3.14. The molecule has 0 unspecified atom stereocenters. The van der Waals surface area contributed by atoms with Crippen LogP contribution in [-0.4, -0.2) is 55.2 Å². The van der Waals surface area contributed by atoms with Crippen LogP contribution >= 0.6 is 23.7 Å². The third kappa shape index (κ3) is 5.35. The van der Waals surface area contributed by atoms with Crippen LogP contribution in [0.2, 0.25) is 0 Å². The standard InChI is InChI=1S/C22H24FN3O2S.ClH/c1-16-4-2-5-17(14-16)15-20(27)26(9-8-25-10-12-28-13-11-25)22-24-21-18(23)6-3-7-19(21)29-22;/h2-7,14H,8-13,15H2,1H3;1H. The minimum atomic E-state index is -0.357. The van der Waals surface area contributed by atoms with Gasteiger partial charge in [0.2, 0.25) is 5.91 Å². The van der Waals surface area contributed by atoms with Crippen LogP contribution in [0.4, 0.5) is 9.52 Å². The number of aromatic nitrogens is 1. The molecule has 0 bridgehead atoms. The maximum absolute atomic E-state index is 14.2. The van der Waals surface area contributed by atoms with E-state index in [9.17, 15) is 9.18 Å². The van der Waals surface area contributed by atoms with Gasteiger partial charge < -0.3 is 4.74 Å². The van der Waals surface area contributed by atoms with Gasteiger partial charge in [0.05, 0.1) is 24.3 Å². The maximum Gasteiger partial charge on any atom is 0.233 e. The van der Waals surface area contributed by atoms with E-state index in [1.807, 2.05) is 37.3 Å². The van der Waals surface area contributed by atoms with Gasteiger partial charge in [-0.2, -0.15) is 0 Å². The van der Waals surface area contributed by atoms with E-state index in [-0.39, 0.29) is 24.1 Å². The number of halogens is 2. The number of para-hydroxylation sites is 1. The molecule has 2 aromatic carbocycles. The van der Waals surface area contributed by atoms with E-state index < -0.39 is 0 Å². The lowest BCUT2D eigenvalue weighted by atomic mass is 10.1. The molecule has 0 spiro atoms. The predicted molar refractivity (Wildman–Crippen MR) is 121 cm³/mol. The fourth-order valence-corrected chi connectivity index (χ4v) is 4.53. The van der Waals surface area contributed by atoms with E-state index in [1.165, 1.54) is 17.4 Å². The third-order valence-electron chi connectivity index (χ3n) is 5.07. The van der Waals surface area contributed by atoms with Crippen LogP contribution in [0, 0.1) is 12.7 Å². The van der Waals surface area contributed by atoms with Crippen LogP contribution in [-0.2, 0) is 16.0 Å². The zero-order chi connectivity index (χ0) is 20.2. The summed E-state index contributed by atoms with van der Waals surface area (Å²) in [6, 6.07) is 12.9. The van der Waals surface area contributed by atoms with E-state index in [2.05, 4.69) is 9.88 Å². The number of aryl methyl sites for hydroxylation is 1. The number of benzene rings is 2. The summed E-state index contributed by atoms with van der Waals surface area (Å²) in [4.78, 5) is 21.7. The molecule has 1 fully saturated rings. The Morgan fingerprint density at radius 2 is 2.00 bits per heavy atom. The number of nitrogens with zero attached hydrogens (tertiary/aromatic N) is 3. The Bertz CT molecular complexity index is 1010. The topological polar surface area (TPSA) is 45.7 Å². The first-order chi connectivity index (χ1) is 14.1. The number of carbonyl (C=O) groups is 1. The fourth-order valence-electron chi connectivity index (χ4n) is 3.50. The Labute approximate surface area is 185 Å². The Morgan fingerprint density at radius 1 is 1.23 bits per heavy atom. The molecular formula is C22H25ClFN3O2S. The monoisotopic (exact) mass is 449 g/mol. The SMILES string of the molecule is Cc1cccc(CC(=O)N(CCN2CCOCC2)c2nc3c(F)cccc3s2)c1.Cl. The molecular weight excluding hydrogens is 425 g/mol. The average molecular weight is 450 g/mol. The van der Waals surface area contributed by atoms with Crippen molar-refractivity contribution < 1.29 is 13.9 Å². The molecule has 1 aliphatic rings. The smallest absolute Gasteiger partial charge is 0.233 e. The number of carbonyl (C=O) groups excluding carboxylic acids is 1. The van der Waals surface area contributed by atoms with Gasteiger partial charge in [-0.15, -0.1) is 12.4 Å². The van der Waals surface area contributed by atoms with Crippen molar-refractivity contribution in [3.05, 3.63) is 59.4 Å². The Kier molecular flexibility index (Phi) is 7.77. The second-order valence-corrected chi connectivity index (χ2v) is 8.26. The minimum absolute atomic E-state index is 0. The first-order valence-corrected chi connectivity index (χ1v) is 10.6. The molecule has 1 aliphatic heterocycles. The summed E-state index contributed by atoms with van der Waals surface area (Å²) >= 11 is 1.36. The maximum atomic E-state index is 14.2. The number of rotatable bonds is 6. The Hall–Kier alpha value is -2.06. The van der Waals surface area contributed by atoms with Crippen LogP contribution in [0.15, 0.2) is 42.5 Å². The normalized spacial score (nSPS) is 14.5. The number of hydrogen-bond donors (Lipinski definition) is 0. The van der Waals surface area contributed by atoms with Crippen molar-refractivity contribution >= 4 is 45.0 Å². The molecule has 0 N–H and O–H groups in total. The highest BCUT2D eigenvalue weighted by atomic mass is 35.5. The number of morpholine rings is 1. The zero-order valence-corrected chi connectivity index (χ0v) is 18.5. The van der Waals surface area contributed by atoms with Crippen LogP contribution < -0.4 is 4.90 Å². The highest BCUT2D eigenvalue weighted by Gasteiger charge is 2.22. The Balaban J connectivity index is 0.00000256. The molecule has 160 valence electrons. The molecule has 0 saturated carbocycles. The molecule has 4 rings (SSSR count). The van der Waals surface area contributed by atoms with Gasteiger partial charge in [-0.05, 0) is 24.6 Å². The van der Waals surface area contributed by atoms with Crippen LogP contribution in [0.25, 0.3) is 10.2 Å². The molecule has 0 radical (unpaired) electrons. The summed E-state index contributed by atoms with van der Waals surface area (Å²) in [6.45, 7) is 6.41. The van der Waals surface area contributed by atoms with Crippen molar-refractivity contribution in [3.8, 4) is 0 Å². The number of thiazole rings is 1. The van der Waals surface area contributed by atoms with E-state index in [1.54, 1.807) is 11.0 Å². The second-order valence-electron chi connectivity index (χ2n) is 7.25. The lowest BCUT2D eigenvalue weighted by Gasteiger charge is -2.29. The third-order valence-corrected chi connectivity index (χ3v) is 6.12. The van der Waals surface area contributed by atoms with Gasteiger partial charge in [0.1, 0.15) is 11.3 Å². The number of hydrogen-bond acceptors (Lipinski definition) is 5. The van der Waals surface area contributed by atoms with Crippen molar-refractivity contribution in [1.29, 1.82) is 0 Å². The highest BCUT2D eigenvalue weighted by molar-refractivity contribution is 7.22. The van der Waals surface area contributed by atoms with E-state index in [0.29, 0.717) is 36.8 Å². The lowest BCUT2D eigenvalue weighted by Crippen LogP contribution is -2.43. The van der Waals surface area contributed by atoms with E-state index in [0.717, 1.165) is 35.5 Å². The van der Waals surface area contributed by atoms with Gasteiger partial charge in [0.15, 0.2) is 5.13 Å². The first-order valence-electron chi connectivity index (χ1n) is 9.81. The molecule has 1 saturated heterocycles. The largest absolute Gasteiger partial charge is 0.379 e. The summed E-state index contributed by atoms with van der Waals surface area (Å²) in [6.07, 6.45) is 0.295. The minimum Gasteiger partial charge on any atom is -0.379 e. The highest BCUT2D eigenvalue weighted by Crippen LogP contribution is 2.30. The number of anilines is 1. The van der Waals surface area contributed by atoms with Gasteiger partial charge >= 0.3 is 0 Å². The molecule has 5 nitrogen and oxygen atoms in total. The van der Waals surface area contributed by atoms with Crippen molar-refractivity contribution in [3.63, 3.8) is 0 Å². The van der Waals surface area contributed by atoms with Gasteiger partial charge in [-0.25, -0.2) is 9.37 Å². The van der Waals surface area contributed by atoms with Crippen LogP contribution in [0.5, 0.6) is 0 Å². The summed E-state index contributed by atoms with van der Waals surface area (Å²) in [5, 5.41) is 0.552. The molecule has 2 heterocycles. The van der Waals surface area contributed by atoms with Crippen LogP contribution in [0.1, 0.15) is 11.1 Å². The van der Waals surface area contributed by atoms with Gasteiger partial charge in [-0.1, -0.05) is 47.2 Å². The Morgan fingerprint density at radius 3 is 2.73 bits per heavy atom. The molecule has 1 amide bonds. The number of amides is 1. The van der Waals surface area contributed by atoms with Crippen molar-refractivity contribution in [2.45, 2.75) is 13.3 Å². The summed E-state index contributed by atoms with van der Waals surface area (Å²) in [7, 11) is 0. The second kappa shape index (κ2) is 10.3. The molecule has 1 aromatic heterocycles. The first kappa shape index (κ1) is 22.6. The lowest BCUT2D eigenvalue weighted by molar-refractivity contribution is -0.118. The number of fused-ring (bicyclic) bond motifs is 1. The summed E-state index contributed by atoms with van der Waals surface area (Å²) in [5.74, 6) is -0.382. The van der Waals surface area contributed by atoms with Gasteiger partial charge in [0.25, 0.3) is 0 Å². The fraction of sp³-hybridized carbons (Fsp3) is 0.364. The van der Waals surface area contributed by atoms with Crippen LogP contribution in [0.3, 0.4) is 0 Å².